The molecule has 0 aliphatic heterocycles. The van der Waals surface area contributed by atoms with Crippen molar-refractivity contribution >= 4 is 10.1 Å². The predicted molar refractivity (Wildman–Crippen MR) is 36.1 cm³/mol. The fraction of sp³-hybridized carbons (Fsp3) is 1.00. The van der Waals surface area contributed by atoms with Crippen molar-refractivity contribution in [2.75, 3.05) is 26.4 Å². The van der Waals surface area contributed by atoms with Crippen molar-refractivity contribution in [3.05, 3.63) is 0 Å². The van der Waals surface area contributed by atoms with E-state index in [2.05, 4.69) is 0 Å². The quantitative estimate of drug-likeness (QED) is 0.360. The van der Waals surface area contributed by atoms with Gasteiger partial charge in [0, 0.05) is 6.54 Å². The van der Waals surface area contributed by atoms with Gasteiger partial charge in [-0.3, -0.25) is 4.55 Å². The maximum Gasteiger partial charge on any atom is 1.00 e. The molecule has 10 heavy (non-hydrogen) atoms. The van der Waals surface area contributed by atoms with Crippen molar-refractivity contribution in [1.29, 1.82) is 0 Å². The Morgan fingerprint density at radius 2 is 1.90 bits per heavy atom. The normalized spacial score (nSPS) is 11.2. The summed E-state index contributed by atoms with van der Waals surface area (Å²) in [4.78, 5) is 1.69. The van der Waals surface area contributed by atoms with E-state index in [0.717, 1.165) is 0 Å². The van der Waals surface area contributed by atoms with E-state index in [1.165, 1.54) is 0 Å². The van der Waals surface area contributed by atoms with Gasteiger partial charge < -0.3 is 6.33 Å². The number of nitrogens with zero attached hydrogens (tertiary/aromatic N) is 1. The minimum atomic E-state index is -3.76. The van der Waals surface area contributed by atoms with Crippen LogP contribution in [0.3, 0.4) is 0 Å². The minimum Gasteiger partial charge on any atom is -1.00 e. The van der Waals surface area contributed by atoms with Gasteiger partial charge in [-0.05, 0) is 14.1 Å². The zero-order valence-electron chi connectivity index (χ0n) is 7.53. The van der Waals surface area contributed by atoms with Crippen LogP contribution in [0.25, 0.3) is 0 Å². The van der Waals surface area contributed by atoms with Gasteiger partial charge in [0.05, 0.1) is 5.75 Å². The zero-order valence-corrected chi connectivity index (χ0v) is 9.35. The van der Waals surface area contributed by atoms with Gasteiger partial charge in [-0.25, -0.2) is 0 Å². The maximum absolute atomic E-state index is 10.1. The molecule has 0 aromatic rings. The fourth-order valence-corrected chi connectivity index (χ4v) is 0.894. The largest absolute Gasteiger partial charge is 1.00 e. The first-order valence-electron chi connectivity index (χ1n) is 2.52. The van der Waals surface area contributed by atoms with Crippen LogP contribution < -0.4 is 29.6 Å². The van der Waals surface area contributed by atoms with Crippen molar-refractivity contribution in [3.63, 3.8) is 0 Å². The summed E-state index contributed by atoms with van der Waals surface area (Å²) in [5, 5.41) is 0. The van der Waals surface area contributed by atoms with Crippen molar-refractivity contribution in [1.82, 2.24) is 4.90 Å². The summed E-state index contributed by atoms with van der Waals surface area (Å²) < 4.78 is 28.3. The van der Waals surface area contributed by atoms with Crippen molar-refractivity contribution in [2.24, 2.45) is 0 Å². The van der Waals surface area contributed by atoms with Gasteiger partial charge in [-0.1, -0.05) is 0 Å². The second kappa shape index (κ2) is 5.51. The summed E-state index contributed by atoms with van der Waals surface area (Å²) in [6, 6.07) is 0. The van der Waals surface area contributed by atoms with Crippen LogP contribution in [-0.4, -0.2) is 44.3 Å². The summed E-state index contributed by atoms with van der Waals surface area (Å²) >= 11 is 0. The molecule has 0 aliphatic carbocycles. The molecule has 0 saturated carbocycles. The van der Waals surface area contributed by atoms with Crippen LogP contribution in [0.5, 0.6) is 0 Å². The average molecular weight is 177 g/mol. The Bertz CT molecular complexity index is 170. The van der Waals surface area contributed by atoms with Crippen molar-refractivity contribution < 1.29 is 44.0 Å². The van der Waals surface area contributed by atoms with Crippen LogP contribution >= 0.6 is 0 Å². The summed E-state index contributed by atoms with van der Waals surface area (Å²) in [5.74, 6) is -0.194. The molecule has 58 valence electrons. The van der Waals surface area contributed by atoms with Crippen LogP contribution in [0.2, 0.25) is 0 Å². The molecule has 0 heterocycles. The number of rotatable bonds is 3. The molecule has 0 unspecified atom stereocenters. The van der Waals surface area contributed by atoms with E-state index < -0.39 is 10.1 Å². The Labute approximate surface area is 85.1 Å². The van der Waals surface area contributed by atoms with Crippen LogP contribution in [0, 0.1) is 0 Å². The van der Waals surface area contributed by atoms with Crippen molar-refractivity contribution in [3.8, 4) is 0 Å². The second-order valence-corrected chi connectivity index (χ2v) is 3.66. The molecule has 0 spiro atoms. The average Bonchev–Trinajstić information content (AvgIpc) is 1.59. The molecule has 0 radical (unpaired) electrons. The van der Waals surface area contributed by atoms with Crippen LogP contribution in [0.4, 0.5) is 0 Å². The SMILES string of the molecule is CN(C)CCS(=O)(=O)O.[H-].[Na+]. The van der Waals surface area contributed by atoms with Crippen LogP contribution in [0.1, 0.15) is 1.43 Å². The van der Waals surface area contributed by atoms with Gasteiger partial charge >= 0.3 is 29.6 Å². The smallest absolute Gasteiger partial charge is 1.00 e. The molecule has 0 aromatic heterocycles. The van der Waals surface area contributed by atoms with Crippen LogP contribution in [-0.2, 0) is 10.1 Å². The third-order valence-electron chi connectivity index (χ3n) is 0.796. The van der Waals surface area contributed by atoms with E-state index in [9.17, 15) is 8.42 Å². The Morgan fingerprint density at radius 1 is 1.50 bits per heavy atom. The molecule has 0 aliphatic rings. The Hall–Kier alpha value is 0.870. The van der Waals surface area contributed by atoms with E-state index in [-0.39, 0.29) is 36.7 Å². The molecule has 0 bridgehead atoms. The molecular weight excluding hydrogens is 165 g/mol. The standard InChI is InChI=1S/C4H11NO3S.Na.H/c1-5(2)3-4-9(6,7)8;;/h3-4H2,1-2H3,(H,6,7,8);;/q;+1;-1. The summed E-state index contributed by atoms with van der Waals surface area (Å²) in [5.41, 5.74) is 0. The first-order chi connectivity index (χ1) is 3.92. The van der Waals surface area contributed by atoms with Crippen LogP contribution in [0.15, 0.2) is 0 Å². The van der Waals surface area contributed by atoms with E-state index >= 15 is 0 Å². The van der Waals surface area contributed by atoms with Gasteiger partial charge in [-0.15, -0.1) is 0 Å². The minimum absolute atomic E-state index is 0. The molecule has 0 aromatic carbocycles. The summed E-state index contributed by atoms with van der Waals surface area (Å²) in [6.45, 7) is 0.360. The van der Waals surface area contributed by atoms with E-state index in [4.69, 9.17) is 4.55 Å². The predicted octanol–water partition coefficient (Wildman–Crippen LogP) is -3.45. The van der Waals surface area contributed by atoms with E-state index in [1.807, 2.05) is 0 Å². The van der Waals surface area contributed by atoms with Gasteiger partial charge in [0.25, 0.3) is 10.1 Å². The fourth-order valence-electron chi connectivity index (χ4n) is 0.298. The molecule has 0 atom stereocenters. The van der Waals surface area contributed by atoms with Gasteiger partial charge in [0.15, 0.2) is 0 Å². The molecule has 4 nitrogen and oxygen atoms in total. The summed E-state index contributed by atoms with van der Waals surface area (Å²) in [7, 11) is -0.278. The number of hydrogen-bond acceptors (Lipinski definition) is 3. The first kappa shape index (κ1) is 13.5. The third-order valence-corrected chi connectivity index (χ3v) is 1.49. The zero-order chi connectivity index (χ0) is 7.49. The Balaban J connectivity index is -0.000000320. The molecule has 6 heteroatoms. The van der Waals surface area contributed by atoms with E-state index in [0.29, 0.717) is 6.54 Å². The Morgan fingerprint density at radius 3 is 2.00 bits per heavy atom. The monoisotopic (exact) mass is 177 g/mol. The van der Waals surface area contributed by atoms with E-state index in [1.54, 1.807) is 19.0 Å². The molecule has 0 amide bonds. The molecule has 1 N–H and O–H groups in total. The van der Waals surface area contributed by atoms with Gasteiger partial charge in [0.1, 0.15) is 0 Å². The molecule has 0 fully saturated rings. The maximum atomic E-state index is 10.1. The Kier molecular flexibility index (Phi) is 7.42. The molecule has 0 saturated heterocycles. The number of hydrogen-bond donors (Lipinski definition) is 1. The topological polar surface area (TPSA) is 57.6 Å². The van der Waals surface area contributed by atoms with Crippen molar-refractivity contribution in [2.45, 2.75) is 0 Å². The molecule has 0 rings (SSSR count). The second-order valence-electron chi connectivity index (χ2n) is 2.09. The van der Waals surface area contributed by atoms with Gasteiger partial charge in [0.2, 0.25) is 0 Å². The summed E-state index contributed by atoms with van der Waals surface area (Å²) in [6.07, 6.45) is 0. The molecular formula is C4H12NNaO3S. The first-order valence-corrected chi connectivity index (χ1v) is 4.12. The van der Waals surface area contributed by atoms with Gasteiger partial charge in [-0.2, -0.15) is 8.42 Å². The third kappa shape index (κ3) is 11.6.